The van der Waals surface area contributed by atoms with E-state index in [1.54, 1.807) is 12.1 Å². The first-order valence-corrected chi connectivity index (χ1v) is 6.29. The van der Waals surface area contributed by atoms with E-state index in [4.69, 9.17) is 0 Å². The Kier molecular flexibility index (Phi) is 3.56. The van der Waals surface area contributed by atoms with Crippen molar-refractivity contribution in [3.63, 3.8) is 0 Å². The number of hydrogen-bond acceptors (Lipinski definition) is 2. The van der Waals surface area contributed by atoms with Crippen LogP contribution in [0.1, 0.15) is 25.0 Å². The van der Waals surface area contributed by atoms with Crippen molar-refractivity contribution >= 4 is 0 Å². The molecule has 0 aliphatic carbocycles. The first-order valence-electron chi connectivity index (χ1n) is 6.29. The Morgan fingerprint density at radius 1 is 0.833 bits per heavy atom. The normalized spacial score (nSPS) is 10.6. The summed E-state index contributed by atoms with van der Waals surface area (Å²) in [6, 6.07) is 11.1. The van der Waals surface area contributed by atoms with Crippen LogP contribution in [-0.4, -0.2) is 10.2 Å². The lowest BCUT2D eigenvalue weighted by Gasteiger charge is -2.10. The molecule has 2 N–H and O–H groups in total. The zero-order valence-electron chi connectivity index (χ0n) is 10.8. The van der Waals surface area contributed by atoms with Gasteiger partial charge in [-0.1, -0.05) is 32.0 Å². The molecule has 0 bridgehead atoms. The van der Waals surface area contributed by atoms with Crippen LogP contribution in [0.5, 0.6) is 11.5 Å². The highest BCUT2D eigenvalue weighted by Gasteiger charge is 2.07. The van der Waals surface area contributed by atoms with Gasteiger partial charge in [0.2, 0.25) is 0 Å². The third-order valence-electron chi connectivity index (χ3n) is 3.16. The van der Waals surface area contributed by atoms with Gasteiger partial charge in [0.1, 0.15) is 11.5 Å². The van der Waals surface area contributed by atoms with Gasteiger partial charge in [-0.2, -0.15) is 0 Å². The molecule has 2 aromatic rings. The van der Waals surface area contributed by atoms with E-state index in [1.165, 1.54) is 17.2 Å². The van der Waals surface area contributed by atoms with E-state index < -0.39 is 0 Å². The lowest BCUT2D eigenvalue weighted by atomic mass is 9.97. The van der Waals surface area contributed by atoms with Crippen molar-refractivity contribution in [2.24, 2.45) is 0 Å². The molecule has 0 saturated heterocycles. The molecule has 2 nitrogen and oxygen atoms in total. The molecule has 0 fully saturated rings. The molecule has 0 aliphatic rings. The molecule has 0 amide bonds. The van der Waals surface area contributed by atoms with Gasteiger partial charge >= 0.3 is 0 Å². The third kappa shape index (κ3) is 2.48. The molecule has 0 saturated carbocycles. The second-order valence-electron chi connectivity index (χ2n) is 4.45. The van der Waals surface area contributed by atoms with Gasteiger partial charge in [0.05, 0.1) is 0 Å². The summed E-state index contributed by atoms with van der Waals surface area (Å²) in [5, 5.41) is 19.2. The molecule has 94 valence electrons. The van der Waals surface area contributed by atoms with Crippen LogP contribution in [0.25, 0.3) is 11.1 Å². The fraction of sp³-hybridized carbons (Fsp3) is 0.250. The van der Waals surface area contributed by atoms with Crippen molar-refractivity contribution in [2.75, 3.05) is 0 Å². The van der Waals surface area contributed by atoms with Crippen LogP contribution in [0.3, 0.4) is 0 Å². The largest absolute Gasteiger partial charge is 0.508 e. The average Bonchev–Trinajstić information content (AvgIpc) is 2.38. The topological polar surface area (TPSA) is 40.5 Å². The van der Waals surface area contributed by atoms with Gasteiger partial charge in [0.25, 0.3) is 0 Å². The Morgan fingerprint density at radius 3 is 1.94 bits per heavy atom. The van der Waals surface area contributed by atoms with Crippen LogP contribution in [0.2, 0.25) is 0 Å². The predicted molar refractivity (Wildman–Crippen MR) is 74.0 cm³/mol. The molecular formula is C16H18O2. The monoisotopic (exact) mass is 242 g/mol. The average molecular weight is 242 g/mol. The predicted octanol–water partition coefficient (Wildman–Crippen LogP) is 3.89. The maximum absolute atomic E-state index is 9.91. The van der Waals surface area contributed by atoms with E-state index >= 15 is 0 Å². The van der Waals surface area contributed by atoms with Crippen LogP contribution < -0.4 is 0 Å². The first-order chi connectivity index (χ1) is 8.63. The van der Waals surface area contributed by atoms with Gasteiger partial charge in [0.15, 0.2) is 0 Å². The Labute approximate surface area is 108 Å². The van der Waals surface area contributed by atoms with Crippen molar-refractivity contribution in [1.82, 2.24) is 0 Å². The van der Waals surface area contributed by atoms with Crippen molar-refractivity contribution in [1.29, 1.82) is 0 Å². The number of phenols is 2. The summed E-state index contributed by atoms with van der Waals surface area (Å²) in [6.07, 6.45) is 1.94. The lowest BCUT2D eigenvalue weighted by molar-refractivity contribution is 0.452. The smallest absolute Gasteiger partial charge is 0.127 e. The number of rotatable bonds is 3. The van der Waals surface area contributed by atoms with Crippen LogP contribution in [0.4, 0.5) is 0 Å². The van der Waals surface area contributed by atoms with Crippen molar-refractivity contribution in [3.05, 3.63) is 47.5 Å². The highest BCUT2D eigenvalue weighted by molar-refractivity contribution is 5.72. The fourth-order valence-corrected chi connectivity index (χ4v) is 2.09. The zero-order chi connectivity index (χ0) is 13.1. The Bertz CT molecular complexity index is 537. The molecule has 0 aromatic heterocycles. The summed E-state index contributed by atoms with van der Waals surface area (Å²) >= 11 is 0. The van der Waals surface area contributed by atoms with Crippen LogP contribution in [0.15, 0.2) is 36.4 Å². The second-order valence-corrected chi connectivity index (χ2v) is 4.45. The van der Waals surface area contributed by atoms with Crippen molar-refractivity contribution < 1.29 is 10.2 Å². The molecule has 0 radical (unpaired) electrons. The fourth-order valence-electron chi connectivity index (χ4n) is 2.09. The molecule has 0 spiro atoms. The van der Waals surface area contributed by atoms with Crippen LogP contribution >= 0.6 is 0 Å². The van der Waals surface area contributed by atoms with Crippen LogP contribution in [0, 0.1) is 0 Å². The third-order valence-corrected chi connectivity index (χ3v) is 3.16. The van der Waals surface area contributed by atoms with E-state index in [0.29, 0.717) is 0 Å². The Morgan fingerprint density at radius 2 is 1.44 bits per heavy atom. The number of phenolic OH excluding ortho intramolecular Hbond substituents is 2. The number of benzene rings is 2. The van der Waals surface area contributed by atoms with E-state index in [9.17, 15) is 10.2 Å². The minimum absolute atomic E-state index is 0.0820. The van der Waals surface area contributed by atoms with Gasteiger partial charge in [0, 0.05) is 11.6 Å². The van der Waals surface area contributed by atoms with E-state index in [0.717, 1.165) is 24.0 Å². The maximum Gasteiger partial charge on any atom is 0.127 e. The number of hydrogen-bond donors (Lipinski definition) is 2. The van der Waals surface area contributed by atoms with E-state index in [2.05, 4.69) is 32.0 Å². The summed E-state index contributed by atoms with van der Waals surface area (Å²) in [5.41, 5.74) is 4.29. The van der Waals surface area contributed by atoms with Crippen LogP contribution in [-0.2, 0) is 12.8 Å². The summed E-state index contributed by atoms with van der Waals surface area (Å²) < 4.78 is 0. The zero-order valence-corrected chi connectivity index (χ0v) is 10.8. The molecule has 0 aliphatic heterocycles. The molecule has 18 heavy (non-hydrogen) atoms. The van der Waals surface area contributed by atoms with E-state index in [1.807, 2.05) is 0 Å². The molecule has 2 rings (SSSR count). The first kappa shape index (κ1) is 12.5. The van der Waals surface area contributed by atoms with E-state index in [-0.39, 0.29) is 11.5 Å². The summed E-state index contributed by atoms with van der Waals surface area (Å²) in [7, 11) is 0. The quantitative estimate of drug-likeness (QED) is 0.857. The minimum atomic E-state index is 0.0820. The Hall–Kier alpha value is -1.96. The molecule has 0 unspecified atom stereocenters. The number of aromatic hydroxyl groups is 2. The minimum Gasteiger partial charge on any atom is -0.508 e. The molecule has 0 atom stereocenters. The van der Waals surface area contributed by atoms with Gasteiger partial charge in [-0.3, -0.25) is 0 Å². The van der Waals surface area contributed by atoms with Gasteiger partial charge in [-0.15, -0.1) is 0 Å². The summed E-state index contributed by atoms with van der Waals surface area (Å²) in [5.74, 6) is 0.198. The lowest BCUT2D eigenvalue weighted by Crippen LogP contribution is -1.89. The van der Waals surface area contributed by atoms with Gasteiger partial charge in [-0.25, -0.2) is 0 Å². The van der Waals surface area contributed by atoms with Crippen molar-refractivity contribution in [2.45, 2.75) is 26.7 Å². The maximum atomic E-state index is 9.91. The summed E-state index contributed by atoms with van der Waals surface area (Å²) in [4.78, 5) is 0. The standard InChI is InChI=1S/C16H18O2/c1-3-11-7-12(4-2)9-13(8-11)15-6-5-14(17)10-16(15)18/h5-10,17-18H,3-4H2,1-2H3. The summed E-state index contributed by atoms with van der Waals surface area (Å²) in [6.45, 7) is 4.24. The van der Waals surface area contributed by atoms with Gasteiger partial charge in [-0.05, 0) is 41.7 Å². The van der Waals surface area contributed by atoms with Gasteiger partial charge < -0.3 is 10.2 Å². The highest BCUT2D eigenvalue weighted by atomic mass is 16.3. The molecule has 2 heteroatoms. The van der Waals surface area contributed by atoms with Crippen molar-refractivity contribution in [3.8, 4) is 22.6 Å². The molecular weight excluding hydrogens is 224 g/mol. The highest BCUT2D eigenvalue weighted by Crippen LogP contribution is 2.33. The molecule has 0 heterocycles. The molecule has 2 aromatic carbocycles. The Balaban J connectivity index is 2.55. The SMILES string of the molecule is CCc1cc(CC)cc(-c2ccc(O)cc2O)c1. The second kappa shape index (κ2) is 5.13. The number of aryl methyl sites for hydroxylation is 2.